The average molecular weight is 708 g/mol. The van der Waals surface area contributed by atoms with E-state index in [1.807, 2.05) is 0 Å². The zero-order valence-corrected chi connectivity index (χ0v) is 29.8. The number of hydrogen-bond donors (Lipinski definition) is 1. The number of aromatic nitrogens is 4. The number of nitrogens with zero attached hydrogens (tertiary/aromatic N) is 5. The van der Waals surface area contributed by atoms with Crippen molar-refractivity contribution in [2.75, 3.05) is 44.2 Å². The van der Waals surface area contributed by atoms with E-state index in [0.717, 1.165) is 28.8 Å². The Balaban J connectivity index is 1.98. The van der Waals surface area contributed by atoms with Crippen LogP contribution in [-0.2, 0) is 19.9 Å². The molecule has 0 saturated heterocycles. The van der Waals surface area contributed by atoms with E-state index >= 15 is 0 Å². The van der Waals surface area contributed by atoms with Crippen molar-refractivity contribution in [1.29, 1.82) is 0 Å². The predicted octanol–water partition coefficient (Wildman–Crippen LogP) is 4.11. The van der Waals surface area contributed by atoms with Gasteiger partial charge in [-0.1, -0.05) is 37.8 Å². The Morgan fingerprint density at radius 1 is 0.936 bits per heavy atom. The van der Waals surface area contributed by atoms with Gasteiger partial charge in [0.1, 0.15) is 28.7 Å². The summed E-state index contributed by atoms with van der Waals surface area (Å²) in [6.07, 6.45) is -0.985. The van der Waals surface area contributed by atoms with Crippen LogP contribution in [0.3, 0.4) is 0 Å². The van der Waals surface area contributed by atoms with Crippen molar-refractivity contribution in [3.63, 3.8) is 0 Å². The summed E-state index contributed by atoms with van der Waals surface area (Å²) >= 11 is 0. The van der Waals surface area contributed by atoms with Gasteiger partial charge in [-0.2, -0.15) is 0 Å². The molecule has 0 spiro atoms. The third-order valence-electron chi connectivity index (χ3n) is 7.16. The van der Waals surface area contributed by atoms with Crippen LogP contribution in [0.5, 0.6) is 17.4 Å². The molecule has 0 aliphatic heterocycles. The van der Waals surface area contributed by atoms with Gasteiger partial charge in [0.15, 0.2) is 15.7 Å². The summed E-state index contributed by atoms with van der Waals surface area (Å²) in [6, 6.07) is 13.3. The highest BCUT2D eigenvalue weighted by atomic mass is 32.2. The quantitative estimate of drug-likeness (QED) is 0.188. The number of para-hydroxylation sites is 1. The Bertz CT molecular complexity index is 1940. The number of aliphatic hydroxyl groups is 1. The second-order valence-electron chi connectivity index (χ2n) is 11.9. The lowest BCUT2D eigenvalue weighted by molar-refractivity contribution is 0.198. The van der Waals surface area contributed by atoms with Crippen LogP contribution in [0.25, 0.3) is 17.2 Å². The van der Waals surface area contributed by atoms with Crippen molar-refractivity contribution >= 4 is 33.9 Å². The number of sulfonamides is 1. The van der Waals surface area contributed by atoms with Crippen molar-refractivity contribution < 1.29 is 40.5 Å². The molecule has 0 unspecified atom stereocenters. The summed E-state index contributed by atoms with van der Waals surface area (Å²) in [5, 5.41) is 19.9. The van der Waals surface area contributed by atoms with E-state index in [0.29, 0.717) is 23.2 Å². The fourth-order valence-electron chi connectivity index (χ4n) is 4.80. The molecule has 0 radical (unpaired) electrons. The molecule has 1 N–H and O–H groups in total. The normalized spacial score (nSPS) is 12.9. The molecule has 0 saturated carbocycles. The summed E-state index contributed by atoms with van der Waals surface area (Å²) in [4.78, 5) is 3.98. The van der Waals surface area contributed by atoms with Crippen LogP contribution in [0.1, 0.15) is 11.7 Å². The SMILES string of the molecule is COc1cccc(-c2nnc(N(CC[Si](C)(C)C)S(=O)(=O)C[C@H](O)c3ccc(F)cc3S(C)(=O)=O)n2-c2c(OC)cccc2OC)n1. The van der Waals surface area contributed by atoms with Gasteiger partial charge >= 0.3 is 0 Å². The van der Waals surface area contributed by atoms with E-state index in [4.69, 9.17) is 14.2 Å². The summed E-state index contributed by atoms with van der Waals surface area (Å²) in [7, 11) is -6.08. The topological polar surface area (TPSA) is 163 Å². The number of benzene rings is 2. The van der Waals surface area contributed by atoms with Crippen molar-refractivity contribution in [2.45, 2.75) is 36.7 Å². The molecule has 13 nitrogen and oxygen atoms in total. The molecule has 2 heterocycles. The van der Waals surface area contributed by atoms with Gasteiger partial charge in [0.25, 0.3) is 0 Å². The van der Waals surface area contributed by atoms with Crippen molar-refractivity contribution in [3.05, 3.63) is 66.0 Å². The summed E-state index contributed by atoms with van der Waals surface area (Å²) in [5.74, 6) is -0.928. The number of halogens is 1. The molecule has 47 heavy (non-hydrogen) atoms. The van der Waals surface area contributed by atoms with Gasteiger partial charge < -0.3 is 19.3 Å². The first kappa shape index (κ1) is 35.8. The number of ether oxygens (including phenoxy) is 3. The van der Waals surface area contributed by atoms with E-state index in [9.17, 15) is 26.3 Å². The number of methoxy groups -OCH3 is 3. The summed E-state index contributed by atoms with van der Waals surface area (Å²) in [6.45, 7) is 6.17. The zero-order valence-electron chi connectivity index (χ0n) is 27.1. The number of sulfone groups is 1. The molecule has 0 fully saturated rings. The third-order valence-corrected chi connectivity index (χ3v) is 11.8. The van der Waals surface area contributed by atoms with Crippen LogP contribution in [0.15, 0.2) is 59.5 Å². The molecule has 2 aromatic carbocycles. The third kappa shape index (κ3) is 8.09. The molecule has 0 amide bonds. The van der Waals surface area contributed by atoms with E-state index in [1.165, 1.54) is 25.9 Å². The first-order valence-corrected chi connectivity index (χ1v) is 21.6. The lowest BCUT2D eigenvalue weighted by Crippen LogP contribution is -2.40. The van der Waals surface area contributed by atoms with Crippen LogP contribution in [0.4, 0.5) is 10.3 Å². The smallest absolute Gasteiger partial charge is 0.246 e. The predicted molar refractivity (Wildman–Crippen MR) is 178 cm³/mol. The van der Waals surface area contributed by atoms with Crippen LogP contribution < -0.4 is 18.5 Å². The van der Waals surface area contributed by atoms with Crippen molar-refractivity contribution in [3.8, 4) is 34.6 Å². The maximum absolute atomic E-state index is 14.4. The molecule has 0 aliphatic rings. The molecular formula is C30H38FN5O8S2Si. The number of aliphatic hydroxyl groups excluding tert-OH is 1. The van der Waals surface area contributed by atoms with Crippen LogP contribution >= 0.6 is 0 Å². The second kappa shape index (κ2) is 14.0. The summed E-state index contributed by atoms with van der Waals surface area (Å²) < 4.78 is 86.8. The van der Waals surface area contributed by atoms with Gasteiger partial charge in [0, 0.05) is 32.5 Å². The van der Waals surface area contributed by atoms with Gasteiger partial charge in [-0.3, -0.25) is 4.57 Å². The molecule has 254 valence electrons. The van der Waals surface area contributed by atoms with Gasteiger partial charge in [-0.25, -0.2) is 30.5 Å². The van der Waals surface area contributed by atoms with E-state index in [1.54, 1.807) is 36.4 Å². The van der Waals surface area contributed by atoms with Crippen LogP contribution in [-0.4, -0.2) is 89.6 Å². The van der Waals surface area contributed by atoms with Gasteiger partial charge in [0.2, 0.25) is 21.9 Å². The molecule has 0 bridgehead atoms. The Kier molecular flexibility index (Phi) is 10.6. The van der Waals surface area contributed by atoms with Crippen molar-refractivity contribution in [1.82, 2.24) is 19.7 Å². The Morgan fingerprint density at radius 3 is 2.15 bits per heavy atom. The Morgan fingerprint density at radius 2 is 1.57 bits per heavy atom. The number of hydrogen-bond acceptors (Lipinski definition) is 11. The minimum absolute atomic E-state index is 0.0474. The molecule has 1 atom stereocenters. The highest BCUT2D eigenvalue weighted by Crippen LogP contribution is 2.39. The molecule has 2 aromatic heterocycles. The number of rotatable bonds is 14. The monoisotopic (exact) mass is 707 g/mol. The second-order valence-corrected chi connectivity index (χ2v) is 21.4. The van der Waals surface area contributed by atoms with E-state index in [-0.39, 0.29) is 35.4 Å². The van der Waals surface area contributed by atoms with Gasteiger partial charge in [-0.05, 0) is 36.4 Å². The molecule has 4 rings (SSSR count). The minimum atomic E-state index is -4.50. The molecule has 4 aromatic rings. The van der Waals surface area contributed by atoms with Crippen molar-refractivity contribution in [2.24, 2.45) is 0 Å². The molecule has 0 aliphatic carbocycles. The zero-order chi connectivity index (χ0) is 34.7. The fourth-order valence-corrected chi connectivity index (χ4v) is 8.31. The largest absolute Gasteiger partial charge is 0.494 e. The lowest BCUT2D eigenvalue weighted by Gasteiger charge is -2.28. The highest BCUT2D eigenvalue weighted by molar-refractivity contribution is 7.92. The maximum atomic E-state index is 14.4. The molecular weight excluding hydrogens is 670 g/mol. The first-order valence-electron chi connectivity index (χ1n) is 14.4. The van der Waals surface area contributed by atoms with Gasteiger partial charge in [0.05, 0.1) is 38.1 Å². The summed E-state index contributed by atoms with van der Waals surface area (Å²) in [5.41, 5.74) is 0.322. The maximum Gasteiger partial charge on any atom is 0.246 e. The highest BCUT2D eigenvalue weighted by Gasteiger charge is 2.35. The van der Waals surface area contributed by atoms with E-state index in [2.05, 4.69) is 34.8 Å². The van der Waals surface area contributed by atoms with Gasteiger partial charge in [-0.15, -0.1) is 10.2 Å². The number of pyridine rings is 1. The number of anilines is 1. The Labute approximate surface area is 274 Å². The van der Waals surface area contributed by atoms with Crippen LogP contribution in [0.2, 0.25) is 25.7 Å². The average Bonchev–Trinajstić information content (AvgIpc) is 3.43. The molecule has 17 heteroatoms. The van der Waals surface area contributed by atoms with Crippen LogP contribution in [0, 0.1) is 5.82 Å². The Hall–Kier alpha value is -4.06. The standard InChI is InChI=1S/C30H38FN5O8S2Si/c1-42-24-11-9-12-25(43-2)28(24)36-29(22-10-8-13-27(32-22)44-3)33-34-30(36)35(16-17-47(5,6)7)46(40,41)19-23(37)21-15-14-20(31)18-26(21)45(4,38)39/h8-15,18,23,37H,16-17,19H2,1-7H3/t23-/m0/s1. The fraction of sp³-hybridized carbons (Fsp3) is 0.367. The lowest BCUT2D eigenvalue weighted by atomic mass is 10.1. The minimum Gasteiger partial charge on any atom is -0.494 e. The first-order chi connectivity index (χ1) is 22.0. The van der Waals surface area contributed by atoms with E-state index < -0.39 is 50.5 Å².